The first-order chi connectivity index (χ1) is 18.3. The van der Waals surface area contributed by atoms with Gasteiger partial charge >= 0.3 is 6.16 Å². The van der Waals surface area contributed by atoms with E-state index in [-0.39, 0.29) is 11.9 Å². The third-order valence-corrected chi connectivity index (χ3v) is 8.92. The molecule has 0 spiro atoms. The first-order valence-corrected chi connectivity index (χ1v) is 14.3. The number of piperidine rings is 1. The number of carbonyl (C=O) groups is 2. The van der Waals surface area contributed by atoms with Crippen LogP contribution < -0.4 is 10.1 Å². The molecule has 0 bridgehead atoms. The number of nitrogens with zero attached hydrogens (tertiary/aromatic N) is 4. The number of amides is 1. The van der Waals surface area contributed by atoms with Crippen molar-refractivity contribution in [3.8, 4) is 15.6 Å². The van der Waals surface area contributed by atoms with Crippen LogP contribution in [-0.4, -0.2) is 63.8 Å². The third-order valence-electron chi connectivity index (χ3n) is 6.54. The quantitative estimate of drug-likeness (QED) is 0.225. The average Bonchev–Trinajstić information content (AvgIpc) is 3.63. The van der Waals surface area contributed by atoms with Crippen molar-refractivity contribution in [1.29, 1.82) is 0 Å². The molecule has 9 nitrogen and oxygen atoms in total. The minimum Gasteiger partial charge on any atom is -0.437 e. The van der Waals surface area contributed by atoms with E-state index < -0.39 is 6.16 Å². The van der Waals surface area contributed by atoms with Crippen molar-refractivity contribution < 1.29 is 19.1 Å². The number of methoxy groups -OCH3 is 1. The Kier molecular flexibility index (Phi) is 7.98. The van der Waals surface area contributed by atoms with Crippen LogP contribution in [0, 0.1) is 0 Å². The van der Waals surface area contributed by atoms with Gasteiger partial charge in [0, 0.05) is 42.3 Å². The molecule has 200 valence electrons. The Balaban J connectivity index is 1.44. The molecule has 4 heterocycles. The summed E-state index contributed by atoms with van der Waals surface area (Å²) in [6.45, 7) is 6.66. The van der Waals surface area contributed by atoms with E-state index in [0.717, 1.165) is 40.7 Å². The molecule has 3 aromatic heterocycles. The highest BCUT2D eigenvalue weighted by Crippen LogP contribution is 2.34. The summed E-state index contributed by atoms with van der Waals surface area (Å²) in [5.74, 6) is 0.377. The minimum absolute atomic E-state index is 0.0857. The standard InChI is InChI=1S/C26H28ClN5O4S2/c1-15(2)31-10-8-16(9-11-31)29-24(33)23-30-19-5-4-17(36-26(34)35-3)12-20(19)32(23)14-18-13-28-25(37-18)21-6-7-22(27)38-21/h4-7,12-13,15-16H,8-11,14H2,1-3H3,(H,29,33). The van der Waals surface area contributed by atoms with Crippen LogP contribution in [0.2, 0.25) is 4.34 Å². The van der Waals surface area contributed by atoms with E-state index in [0.29, 0.717) is 39.5 Å². The van der Waals surface area contributed by atoms with Gasteiger partial charge in [0.15, 0.2) is 5.82 Å². The second-order valence-corrected chi connectivity index (χ2v) is 12.2. The molecular weight excluding hydrogens is 546 g/mol. The molecule has 5 rings (SSSR count). The van der Waals surface area contributed by atoms with Gasteiger partial charge in [0.05, 0.1) is 33.9 Å². The number of halogens is 1. The molecule has 1 saturated heterocycles. The monoisotopic (exact) mass is 573 g/mol. The van der Waals surface area contributed by atoms with Crippen LogP contribution in [0.15, 0.2) is 36.5 Å². The van der Waals surface area contributed by atoms with Gasteiger partial charge in [0.1, 0.15) is 10.8 Å². The molecule has 0 saturated carbocycles. The minimum atomic E-state index is -0.817. The summed E-state index contributed by atoms with van der Waals surface area (Å²) in [6, 6.07) is 9.43. The number of thiophene rings is 1. The van der Waals surface area contributed by atoms with E-state index >= 15 is 0 Å². The SMILES string of the molecule is COC(=O)Oc1ccc2nc(C(=O)NC3CCN(C(C)C)CC3)n(Cc3cnc(-c4ccc(Cl)s4)s3)c2c1. The van der Waals surface area contributed by atoms with Gasteiger partial charge in [-0.05, 0) is 51.0 Å². The molecule has 4 aromatic rings. The Morgan fingerprint density at radius 3 is 2.66 bits per heavy atom. The fourth-order valence-corrected chi connectivity index (χ4v) is 6.53. The van der Waals surface area contributed by atoms with E-state index in [1.165, 1.54) is 29.8 Å². The lowest BCUT2D eigenvalue weighted by Gasteiger charge is -2.34. The first kappa shape index (κ1) is 26.6. The van der Waals surface area contributed by atoms with Gasteiger partial charge in [-0.25, -0.2) is 14.8 Å². The second kappa shape index (κ2) is 11.4. The summed E-state index contributed by atoms with van der Waals surface area (Å²) in [6.07, 6.45) is 2.77. The number of rotatable bonds is 7. The molecule has 12 heteroatoms. The molecule has 1 aliphatic heterocycles. The molecule has 1 N–H and O–H groups in total. The van der Waals surface area contributed by atoms with Crippen LogP contribution in [0.1, 0.15) is 42.2 Å². The number of carbonyl (C=O) groups excluding carboxylic acids is 2. The molecule has 1 amide bonds. The number of fused-ring (bicyclic) bond motifs is 1. The van der Waals surface area contributed by atoms with E-state index in [4.69, 9.17) is 16.3 Å². The van der Waals surface area contributed by atoms with Gasteiger partial charge in [0.2, 0.25) is 0 Å². The van der Waals surface area contributed by atoms with Crippen LogP contribution in [0.5, 0.6) is 5.75 Å². The van der Waals surface area contributed by atoms with Crippen LogP contribution >= 0.6 is 34.3 Å². The van der Waals surface area contributed by atoms with Crippen molar-refractivity contribution in [3.63, 3.8) is 0 Å². The Morgan fingerprint density at radius 1 is 1.18 bits per heavy atom. The van der Waals surface area contributed by atoms with Crippen LogP contribution in [0.3, 0.4) is 0 Å². The number of ether oxygens (including phenoxy) is 2. The molecule has 38 heavy (non-hydrogen) atoms. The number of hydrogen-bond acceptors (Lipinski definition) is 9. The van der Waals surface area contributed by atoms with Gasteiger partial charge in [0.25, 0.3) is 5.91 Å². The lowest BCUT2D eigenvalue weighted by molar-refractivity contribution is 0.0886. The molecular formula is C26H28ClN5O4S2. The summed E-state index contributed by atoms with van der Waals surface area (Å²) in [5.41, 5.74) is 1.29. The van der Waals surface area contributed by atoms with Gasteiger partial charge in [-0.15, -0.1) is 22.7 Å². The van der Waals surface area contributed by atoms with Crippen molar-refractivity contribution in [1.82, 2.24) is 24.8 Å². The smallest absolute Gasteiger partial charge is 0.437 e. The lowest BCUT2D eigenvalue weighted by atomic mass is 10.0. The Labute approximate surface area is 233 Å². The number of aromatic nitrogens is 3. The summed E-state index contributed by atoms with van der Waals surface area (Å²) >= 11 is 9.11. The van der Waals surface area contributed by atoms with Crippen LogP contribution in [0.4, 0.5) is 4.79 Å². The molecule has 1 aromatic carbocycles. The Hall–Kier alpha value is -2.99. The number of hydrogen-bond donors (Lipinski definition) is 1. The number of imidazole rings is 1. The molecule has 1 fully saturated rings. The molecule has 0 radical (unpaired) electrons. The van der Waals surface area contributed by atoms with Crippen molar-refractivity contribution in [2.45, 2.75) is 45.3 Å². The zero-order valence-corrected chi connectivity index (χ0v) is 23.7. The summed E-state index contributed by atoms with van der Waals surface area (Å²) in [5, 5.41) is 4.05. The van der Waals surface area contributed by atoms with Crippen molar-refractivity contribution in [2.75, 3.05) is 20.2 Å². The van der Waals surface area contributed by atoms with Gasteiger partial charge < -0.3 is 24.3 Å². The van der Waals surface area contributed by atoms with Gasteiger partial charge in [-0.3, -0.25) is 4.79 Å². The zero-order valence-electron chi connectivity index (χ0n) is 21.3. The molecule has 0 atom stereocenters. The number of thiazole rings is 1. The highest BCUT2D eigenvalue weighted by molar-refractivity contribution is 7.23. The largest absolute Gasteiger partial charge is 0.513 e. The number of benzene rings is 1. The summed E-state index contributed by atoms with van der Waals surface area (Å²) < 4.78 is 12.4. The van der Waals surface area contributed by atoms with E-state index in [1.54, 1.807) is 24.4 Å². The lowest BCUT2D eigenvalue weighted by Crippen LogP contribution is -2.47. The molecule has 0 unspecified atom stereocenters. The highest BCUT2D eigenvalue weighted by Gasteiger charge is 2.26. The highest BCUT2D eigenvalue weighted by atomic mass is 35.5. The maximum atomic E-state index is 13.5. The fourth-order valence-electron chi connectivity index (χ4n) is 4.53. The average molecular weight is 574 g/mol. The molecule has 1 aliphatic rings. The fraction of sp³-hybridized carbons (Fsp3) is 0.385. The zero-order chi connectivity index (χ0) is 26.8. The summed E-state index contributed by atoms with van der Waals surface area (Å²) in [7, 11) is 1.25. The predicted molar refractivity (Wildman–Crippen MR) is 150 cm³/mol. The third kappa shape index (κ3) is 5.85. The second-order valence-electron chi connectivity index (χ2n) is 9.34. The van der Waals surface area contributed by atoms with E-state index in [2.05, 4.69) is 38.8 Å². The maximum absolute atomic E-state index is 13.5. The Morgan fingerprint density at radius 2 is 1.97 bits per heavy atom. The van der Waals surface area contributed by atoms with Crippen LogP contribution in [-0.2, 0) is 11.3 Å². The number of nitrogens with one attached hydrogen (secondary N) is 1. The van der Waals surface area contributed by atoms with Gasteiger partial charge in [-0.2, -0.15) is 0 Å². The normalized spacial score (nSPS) is 14.8. The van der Waals surface area contributed by atoms with Crippen molar-refractivity contribution >= 4 is 57.4 Å². The summed E-state index contributed by atoms with van der Waals surface area (Å²) in [4.78, 5) is 38.8. The van der Waals surface area contributed by atoms with Crippen molar-refractivity contribution in [2.24, 2.45) is 0 Å². The van der Waals surface area contributed by atoms with E-state index in [1.807, 2.05) is 16.7 Å². The topological polar surface area (TPSA) is 98.6 Å². The number of likely N-dealkylation sites (tertiary alicyclic amines) is 1. The Bertz CT molecular complexity index is 1450. The van der Waals surface area contributed by atoms with Crippen LogP contribution in [0.25, 0.3) is 20.9 Å². The van der Waals surface area contributed by atoms with E-state index in [9.17, 15) is 9.59 Å². The predicted octanol–water partition coefficient (Wildman–Crippen LogP) is 5.67. The van der Waals surface area contributed by atoms with Gasteiger partial charge in [-0.1, -0.05) is 11.6 Å². The maximum Gasteiger partial charge on any atom is 0.513 e. The molecule has 0 aliphatic carbocycles. The first-order valence-electron chi connectivity index (χ1n) is 12.3. The van der Waals surface area contributed by atoms with Crippen molar-refractivity contribution in [3.05, 3.63) is 51.6 Å².